The lowest BCUT2D eigenvalue weighted by atomic mass is 10.0. The molecule has 0 saturated heterocycles. The molecule has 1 heterocycles. The number of hydrogen-bond donors (Lipinski definition) is 1. The average Bonchev–Trinajstić information content (AvgIpc) is 3.02. The largest absolute Gasteiger partial charge is 0.496 e. The summed E-state index contributed by atoms with van der Waals surface area (Å²) >= 11 is 1.46. The molecular weight excluding hydrogens is 348 g/mol. The SMILES string of the molecule is CCc1ccc2nc(NC(=O)Cc3cc(C(C)=O)ccc3OC)sc2c1. The topological polar surface area (TPSA) is 68.3 Å². The molecule has 26 heavy (non-hydrogen) atoms. The number of rotatable bonds is 6. The van der Waals surface area contributed by atoms with Crippen LogP contribution in [0.25, 0.3) is 10.2 Å². The second-order valence-corrected chi connectivity index (χ2v) is 7.01. The Morgan fingerprint density at radius 1 is 1.19 bits per heavy atom. The Morgan fingerprint density at radius 2 is 2.00 bits per heavy atom. The van der Waals surface area contributed by atoms with Crippen LogP contribution in [0.5, 0.6) is 5.75 Å². The zero-order chi connectivity index (χ0) is 18.7. The van der Waals surface area contributed by atoms with E-state index in [2.05, 4.69) is 23.3 Å². The number of aryl methyl sites for hydroxylation is 1. The number of thiazole rings is 1. The maximum absolute atomic E-state index is 12.4. The van der Waals surface area contributed by atoms with Crippen molar-refractivity contribution in [2.45, 2.75) is 26.7 Å². The van der Waals surface area contributed by atoms with Crippen molar-refractivity contribution >= 4 is 38.4 Å². The van der Waals surface area contributed by atoms with Gasteiger partial charge < -0.3 is 10.1 Å². The van der Waals surface area contributed by atoms with E-state index >= 15 is 0 Å². The van der Waals surface area contributed by atoms with Crippen LogP contribution in [-0.4, -0.2) is 23.8 Å². The second-order valence-electron chi connectivity index (χ2n) is 5.98. The van der Waals surface area contributed by atoms with E-state index in [-0.39, 0.29) is 18.1 Å². The molecule has 1 aromatic heterocycles. The predicted molar refractivity (Wildman–Crippen MR) is 104 cm³/mol. The van der Waals surface area contributed by atoms with Crippen LogP contribution in [-0.2, 0) is 17.6 Å². The van der Waals surface area contributed by atoms with Gasteiger partial charge in [0, 0.05) is 11.1 Å². The number of carbonyl (C=O) groups excluding carboxylic acids is 2. The van der Waals surface area contributed by atoms with E-state index in [1.807, 2.05) is 12.1 Å². The lowest BCUT2D eigenvalue weighted by Gasteiger charge is -2.09. The number of amides is 1. The lowest BCUT2D eigenvalue weighted by molar-refractivity contribution is -0.115. The van der Waals surface area contributed by atoms with Crippen LogP contribution < -0.4 is 10.1 Å². The third kappa shape index (κ3) is 3.91. The third-order valence-electron chi connectivity index (χ3n) is 4.15. The minimum atomic E-state index is -0.196. The summed E-state index contributed by atoms with van der Waals surface area (Å²) in [4.78, 5) is 28.5. The van der Waals surface area contributed by atoms with E-state index in [0.29, 0.717) is 22.0 Å². The van der Waals surface area contributed by atoms with Crippen molar-refractivity contribution in [2.75, 3.05) is 12.4 Å². The van der Waals surface area contributed by atoms with Gasteiger partial charge in [-0.25, -0.2) is 4.98 Å². The molecule has 6 heteroatoms. The number of anilines is 1. The summed E-state index contributed by atoms with van der Waals surface area (Å²) in [7, 11) is 1.54. The minimum absolute atomic E-state index is 0.0489. The molecule has 0 saturated carbocycles. The molecule has 3 aromatic rings. The average molecular weight is 368 g/mol. The zero-order valence-electron chi connectivity index (χ0n) is 15.0. The number of methoxy groups -OCH3 is 1. The molecular formula is C20H20N2O3S. The van der Waals surface area contributed by atoms with E-state index in [4.69, 9.17) is 4.74 Å². The molecule has 0 bridgehead atoms. The van der Waals surface area contributed by atoms with Crippen LogP contribution in [0.15, 0.2) is 36.4 Å². The van der Waals surface area contributed by atoms with Crippen LogP contribution in [0.4, 0.5) is 5.13 Å². The summed E-state index contributed by atoms with van der Waals surface area (Å²) in [6.45, 7) is 3.60. The van der Waals surface area contributed by atoms with Gasteiger partial charge in [0.25, 0.3) is 0 Å². The van der Waals surface area contributed by atoms with Crippen LogP contribution in [0.1, 0.15) is 35.3 Å². The summed E-state index contributed by atoms with van der Waals surface area (Å²) in [6, 6.07) is 11.2. The summed E-state index contributed by atoms with van der Waals surface area (Å²) in [5.74, 6) is 0.341. The lowest BCUT2D eigenvalue weighted by Crippen LogP contribution is -2.15. The quantitative estimate of drug-likeness (QED) is 0.661. The van der Waals surface area contributed by atoms with Crippen molar-refractivity contribution in [3.8, 4) is 5.75 Å². The Balaban J connectivity index is 1.78. The molecule has 1 amide bonds. The van der Waals surface area contributed by atoms with Crippen molar-refractivity contribution in [1.29, 1.82) is 0 Å². The Hall–Kier alpha value is -2.73. The van der Waals surface area contributed by atoms with Gasteiger partial charge in [0.1, 0.15) is 5.75 Å². The van der Waals surface area contributed by atoms with Crippen molar-refractivity contribution in [3.63, 3.8) is 0 Å². The molecule has 5 nitrogen and oxygen atoms in total. The fourth-order valence-corrected chi connectivity index (χ4v) is 3.66. The normalized spacial score (nSPS) is 10.7. The number of ether oxygens (including phenoxy) is 1. The number of aromatic nitrogens is 1. The molecule has 0 unspecified atom stereocenters. The number of Topliss-reactive ketones (excluding diaryl/α,β-unsaturated/α-hetero) is 1. The number of nitrogens with zero attached hydrogens (tertiary/aromatic N) is 1. The molecule has 0 radical (unpaired) electrons. The fourth-order valence-electron chi connectivity index (χ4n) is 2.71. The van der Waals surface area contributed by atoms with Gasteiger partial charge in [-0.2, -0.15) is 0 Å². The minimum Gasteiger partial charge on any atom is -0.496 e. The standard InChI is InChI=1S/C20H20N2O3S/c1-4-13-5-7-16-18(9-13)26-20(21-16)22-19(24)11-15-10-14(12(2)23)6-8-17(15)25-3/h5-10H,4,11H2,1-3H3,(H,21,22,24). The summed E-state index contributed by atoms with van der Waals surface area (Å²) in [5.41, 5.74) is 3.34. The van der Waals surface area contributed by atoms with Crippen molar-refractivity contribution in [3.05, 3.63) is 53.1 Å². The first-order chi connectivity index (χ1) is 12.5. The summed E-state index contributed by atoms with van der Waals surface area (Å²) in [5, 5.41) is 3.41. The first-order valence-corrected chi connectivity index (χ1v) is 9.19. The maximum atomic E-state index is 12.4. The second kappa shape index (κ2) is 7.66. The summed E-state index contributed by atoms with van der Waals surface area (Å²) < 4.78 is 6.35. The molecule has 0 atom stereocenters. The molecule has 0 aliphatic rings. The van der Waals surface area contributed by atoms with Crippen LogP contribution >= 0.6 is 11.3 Å². The Kier molecular flexibility index (Phi) is 5.32. The molecule has 134 valence electrons. The molecule has 1 N–H and O–H groups in total. The van der Waals surface area contributed by atoms with Crippen LogP contribution in [0.3, 0.4) is 0 Å². The highest BCUT2D eigenvalue weighted by atomic mass is 32.1. The van der Waals surface area contributed by atoms with Gasteiger partial charge in [-0.05, 0) is 49.2 Å². The molecule has 0 fully saturated rings. The molecule has 0 aliphatic carbocycles. The van der Waals surface area contributed by atoms with E-state index in [1.54, 1.807) is 25.3 Å². The maximum Gasteiger partial charge on any atom is 0.230 e. The molecule has 3 rings (SSSR count). The number of hydrogen-bond acceptors (Lipinski definition) is 5. The van der Waals surface area contributed by atoms with Gasteiger partial charge in [0.2, 0.25) is 5.91 Å². The first-order valence-electron chi connectivity index (χ1n) is 8.37. The predicted octanol–water partition coefficient (Wildman–Crippen LogP) is 4.25. The van der Waals surface area contributed by atoms with Crippen molar-refractivity contribution in [1.82, 2.24) is 4.98 Å². The van der Waals surface area contributed by atoms with Gasteiger partial charge in [-0.15, -0.1) is 0 Å². The molecule has 0 aliphatic heterocycles. The molecule has 2 aromatic carbocycles. The summed E-state index contributed by atoms with van der Waals surface area (Å²) in [6.07, 6.45) is 1.07. The van der Waals surface area contributed by atoms with E-state index in [0.717, 1.165) is 16.6 Å². The number of ketones is 1. The van der Waals surface area contributed by atoms with Gasteiger partial charge in [0.05, 0.1) is 23.7 Å². The Bertz CT molecular complexity index is 978. The Morgan fingerprint density at radius 3 is 2.69 bits per heavy atom. The smallest absolute Gasteiger partial charge is 0.230 e. The van der Waals surface area contributed by atoms with Crippen molar-refractivity contribution < 1.29 is 14.3 Å². The molecule has 0 spiro atoms. The van der Waals surface area contributed by atoms with Gasteiger partial charge in [0.15, 0.2) is 10.9 Å². The highest BCUT2D eigenvalue weighted by molar-refractivity contribution is 7.22. The van der Waals surface area contributed by atoms with E-state index < -0.39 is 0 Å². The van der Waals surface area contributed by atoms with Crippen molar-refractivity contribution in [2.24, 2.45) is 0 Å². The van der Waals surface area contributed by atoms with E-state index in [9.17, 15) is 9.59 Å². The number of nitrogens with one attached hydrogen (secondary N) is 1. The van der Waals surface area contributed by atoms with Crippen LogP contribution in [0.2, 0.25) is 0 Å². The first kappa shape index (κ1) is 18.1. The highest BCUT2D eigenvalue weighted by Crippen LogP contribution is 2.27. The number of fused-ring (bicyclic) bond motifs is 1. The third-order valence-corrected chi connectivity index (χ3v) is 5.08. The number of benzene rings is 2. The van der Waals surface area contributed by atoms with Gasteiger partial charge in [-0.3, -0.25) is 9.59 Å². The monoisotopic (exact) mass is 368 g/mol. The number of carbonyl (C=O) groups is 2. The fraction of sp³-hybridized carbons (Fsp3) is 0.250. The Labute approximate surface area is 156 Å². The van der Waals surface area contributed by atoms with Gasteiger partial charge >= 0.3 is 0 Å². The zero-order valence-corrected chi connectivity index (χ0v) is 15.8. The highest BCUT2D eigenvalue weighted by Gasteiger charge is 2.13. The van der Waals surface area contributed by atoms with Gasteiger partial charge in [-0.1, -0.05) is 24.3 Å². The van der Waals surface area contributed by atoms with E-state index in [1.165, 1.54) is 23.8 Å². The van der Waals surface area contributed by atoms with Crippen LogP contribution in [0, 0.1) is 0 Å².